The number of aryl methyl sites for hydroxylation is 1. The number of carbonyl (C=O) groups is 1. The number of ether oxygens (including phenoxy) is 1. The summed E-state index contributed by atoms with van der Waals surface area (Å²) in [5.74, 6) is 0.0752. The molecule has 0 amide bonds. The van der Waals surface area contributed by atoms with E-state index in [0.717, 1.165) is 5.69 Å². The molecule has 0 aliphatic heterocycles. The Kier molecular flexibility index (Phi) is 3.63. The lowest BCUT2D eigenvalue weighted by atomic mass is 9.94. The molecular formula is C11H18N2O2. The van der Waals surface area contributed by atoms with Crippen molar-refractivity contribution in [3.63, 3.8) is 0 Å². The topological polar surface area (TPSA) is 44.1 Å². The second-order valence-electron chi connectivity index (χ2n) is 3.87. The second-order valence-corrected chi connectivity index (χ2v) is 3.87. The number of nitrogens with zero attached hydrogens (tertiary/aromatic N) is 2. The molecule has 0 aromatic carbocycles. The van der Waals surface area contributed by atoms with Gasteiger partial charge < -0.3 is 4.74 Å². The number of carbonyl (C=O) groups excluding carboxylic acids is 1. The summed E-state index contributed by atoms with van der Waals surface area (Å²) in [5.41, 5.74) is 0.108. The monoisotopic (exact) mass is 210 g/mol. The fourth-order valence-electron chi connectivity index (χ4n) is 1.36. The number of ketones is 1. The number of hydrogen-bond acceptors (Lipinski definition) is 3. The second kappa shape index (κ2) is 4.57. The van der Waals surface area contributed by atoms with Crippen molar-refractivity contribution in [2.75, 3.05) is 7.11 Å². The Morgan fingerprint density at radius 2 is 2.33 bits per heavy atom. The maximum atomic E-state index is 11.9. The molecule has 0 saturated heterocycles. The third-order valence-electron chi connectivity index (χ3n) is 2.83. The van der Waals surface area contributed by atoms with Gasteiger partial charge in [-0.2, -0.15) is 5.10 Å². The summed E-state index contributed by atoms with van der Waals surface area (Å²) in [7, 11) is 3.41. The van der Waals surface area contributed by atoms with Crippen LogP contribution in [0.1, 0.15) is 26.0 Å². The summed E-state index contributed by atoms with van der Waals surface area (Å²) < 4.78 is 6.94. The van der Waals surface area contributed by atoms with Gasteiger partial charge >= 0.3 is 0 Å². The third-order valence-corrected chi connectivity index (χ3v) is 2.83. The average molecular weight is 210 g/mol. The molecule has 0 bridgehead atoms. The van der Waals surface area contributed by atoms with Crippen molar-refractivity contribution < 1.29 is 9.53 Å². The first-order valence-electron chi connectivity index (χ1n) is 5.09. The van der Waals surface area contributed by atoms with Crippen LogP contribution >= 0.6 is 0 Å². The molecule has 0 radical (unpaired) electrons. The first-order valence-corrected chi connectivity index (χ1v) is 5.09. The van der Waals surface area contributed by atoms with Crippen LogP contribution in [0.4, 0.5) is 0 Å². The van der Waals surface area contributed by atoms with Crippen LogP contribution in [0.3, 0.4) is 0 Å². The summed E-state index contributed by atoms with van der Waals surface area (Å²) >= 11 is 0. The first kappa shape index (κ1) is 11.9. The standard InChI is InChI=1S/C11H18N2O2/c1-5-11(2,15-4)10(14)8-9-6-7-13(3)12-9/h6-7H,5,8H2,1-4H3. The van der Waals surface area contributed by atoms with Crippen LogP contribution in [0.15, 0.2) is 12.3 Å². The number of Topliss-reactive ketones (excluding diaryl/α,β-unsaturated/α-hetero) is 1. The van der Waals surface area contributed by atoms with E-state index < -0.39 is 5.60 Å². The van der Waals surface area contributed by atoms with E-state index in [1.54, 1.807) is 11.8 Å². The molecule has 0 N–H and O–H groups in total. The Labute approximate surface area is 90.2 Å². The van der Waals surface area contributed by atoms with Crippen LogP contribution in [0.25, 0.3) is 0 Å². The zero-order chi connectivity index (χ0) is 11.5. The third kappa shape index (κ3) is 2.65. The van der Waals surface area contributed by atoms with E-state index in [1.165, 1.54) is 0 Å². The predicted molar refractivity (Wildman–Crippen MR) is 57.6 cm³/mol. The van der Waals surface area contributed by atoms with Gasteiger partial charge in [-0.1, -0.05) is 6.92 Å². The van der Waals surface area contributed by atoms with Crippen LogP contribution in [0, 0.1) is 0 Å². The van der Waals surface area contributed by atoms with Gasteiger partial charge in [-0.3, -0.25) is 9.48 Å². The Bertz CT molecular complexity index is 340. The molecule has 1 rings (SSSR count). The molecule has 1 aromatic rings. The maximum absolute atomic E-state index is 11.9. The highest BCUT2D eigenvalue weighted by molar-refractivity contribution is 5.88. The summed E-state index contributed by atoms with van der Waals surface area (Å²) in [6.07, 6.45) is 2.84. The number of methoxy groups -OCH3 is 1. The summed E-state index contributed by atoms with van der Waals surface area (Å²) in [4.78, 5) is 11.9. The lowest BCUT2D eigenvalue weighted by Crippen LogP contribution is -2.38. The van der Waals surface area contributed by atoms with Crippen molar-refractivity contribution in [1.29, 1.82) is 0 Å². The smallest absolute Gasteiger partial charge is 0.170 e. The Morgan fingerprint density at radius 1 is 1.67 bits per heavy atom. The van der Waals surface area contributed by atoms with E-state index in [1.807, 2.05) is 33.2 Å². The van der Waals surface area contributed by atoms with Crippen LogP contribution in [0.2, 0.25) is 0 Å². The first-order chi connectivity index (χ1) is 7.01. The molecule has 1 heterocycles. The molecule has 1 unspecified atom stereocenters. The van der Waals surface area contributed by atoms with Gasteiger partial charge in [0.15, 0.2) is 5.78 Å². The van der Waals surface area contributed by atoms with E-state index in [0.29, 0.717) is 12.8 Å². The number of hydrogen-bond donors (Lipinski definition) is 0. The zero-order valence-corrected chi connectivity index (χ0v) is 9.78. The van der Waals surface area contributed by atoms with Gasteiger partial charge in [0.25, 0.3) is 0 Å². The highest BCUT2D eigenvalue weighted by atomic mass is 16.5. The molecule has 84 valence electrons. The normalized spacial score (nSPS) is 14.9. The molecule has 1 aromatic heterocycles. The molecule has 0 aliphatic carbocycles. The minimum Gasteiger partial charge on any atom is -0.371 e. The zero-order valence-electron chi connectivity index (χ0n) is 9.78. The molecule has 0 spiro atoms. The fraction of sp³-hybridized carbons (Fsp3) is 0.636. The summed E-state index contributed by atoms with van der Waals surface area (Å²) in [6, 6.07) is 1.85. The van der Waals surface area contributed by atoms with E-state index in [-0.39, 0.29) is 5.78 Å². The molecule has 4 nitrogen and oxygen atoms in total. The van der Waals surface area contributed by atoms with Gasteiger partial charge in [0, 0.05) is 20.4 Å². The van der Waals surface area contributed by atoms with Gasteiger partial charge in [-0.15, -0.1) is 0 Å². The van der Waals surface area contributed by atoms with Gasteiger partial charge in [0.05, 0.1) is 12.1 Å². The Morgan fingerprint density at radius 3 is 2.73 bits per heavy atom. The molecule has 0 saturated carbocycles. The quantitative estimate of drug-likeness (QED) is 0.736. The lowest BCUT2D eigenvalue weighted by Gasteiger charge is -2.24. The van der Waals surface area contributed by atoms with E-state index in [9.17, 15) is 4.79 Å². The highest BCUT2D eigenvalue weighted by Gasteiger charge is 2.30. The van der Waals surface area contributed by atoms with Crippen molar-refractivity contribution >= 4 is 5.78 Å². The Balaban J connectivity index is 2.70. The Hall–Kier alpha value is -1.16. The molecule has 0 aliphatic rings. The van der Waals surface area contributed by atoms with Gasteiger partial charge in [-0.05, 0) is 19.4 Å². The maximum Gasteiger partial charge on any atom is 0.170 e. The number of rotatable bonds is 5. The molecule has 4 heteroatoms. The van der Waals surface area contributed by atoms with Crippen molar-refractivity contribution in [1.82, 2.24) is 9.78 Å². The van der Waals surface area contributed by atoms with Gasteiger partial charge in [0.2, 0.25) is 0 Å². The van der Waals surface area contributed by atoms with Crippen LogP contribution in [-0.4, -0.2) is 28.3 Å². The average Bonchev–Trinajstić information content (AvgIpc) is 2.62. The lowest BCUT2D eigenvalue weighted by molar-refractivity contribution is -0.138. The minimum atomic E-state index is -0.683. The highest BCUT2D eigenvalue weighted by Crippen LogP contribution is 2.17. The van der Waals surface area contributed by atoms with Crippen molar-refractivity contribution in [2.45, 2.75) is 32.3 Å². The fourth-order valence-corrected chi connectivity index (χ4v) is 1.36. The largest absolute Gasteiger partial charge is 0.371 e. The minimum absolute atomic E-state index is 0.0752. The summed E-state index contributed by atoms with van der Waals surface area (Å²) in [5, 5.41) is 4.17. The molecule has 0 fully saturated rings. The van der Waals surface area contributed by atoms with E-state index in [4.69, 9.17) is 4.74 Å². The van der Waals surface area contributed by atoms with Crippen LogP contribution in [0.5, 0.6) is 0 Å². The molecule has 1 atom stereocenters. The predicted octanol–water partition coefficient (Wildman–Crippen LogP) is 1.35. The van der Waals surface area contributed by atoms with Gasteiger partial charge in [-0.25, -0.2) is 0 Å². The van der Waals surface area contributed by atoms with Crippen LogP contribution < -0.4 is 0 Å². The van der Waals surface area contributed by atoms with Gasteiger partial charge in [0.1, 0.15) is 5.60 Å². The molecule has 15 heavy (non-hydrogen) atoms. The van der Waals surface area contributed by atoms with E-state index in [2.05, 4.69) is 5.10 Å². The molecular weight excluding hydrogens is 192 g/mol. The van der Waals surface area contributed by atoms with Crippen molar-refractivity contribution in [3.05, 3.63) is 18.0 Å². The van der Waals surface area contributed by atoms with Crippen molar-refractivity contribution in [2.24, 2.45) is 7.05 Å². The van der Waals surface area contributed by atoms with E-state index >= 15 is 0 Å². The SMILES string of the molecule is CCC(C)(OC)C(=O)Cc1ccn(C)n1. The summed E-state index contributed by atoms with van der Waals surface area (Å²) in [6.45, 7) is 3.76. The van der Waals surface area contributed by atoms with Crippen molar-refractivity contribution in [3.8, 4) is 0 Å². The van der Waals surface area contributed by atoms with Crippen LogP contribution in [-0.2, 0) is 23.0 Å². The number of aromatic nitrogens is 2.